The molecule has 1 amide bonds. The first-order valence-electron chi connectivity index (χ1n) is 9.09. The highest BCUT2D eigenvalue weighted by atomic mass is 19.1. The fraction of sp³-hybridized carbons (Fsp3) is 0.381. The van der Waals surface area contributed by atoms with Gasteiger partial charge < -0.3 is 15.3 Å². The molecule has 1 unspecified atom stereocenters. The van der Waals surface area contributed by atoms with Crippen molar-refractivity contribution in [3.05, 3.63) is 70.8 Å². The highest BCUT2D eigenvalue weighted by Gasteiger charge is 2.41. The summed E-state index contributed by atoms with van der Waals surface area (Å²) in [6.07, 6.45) is 1.03. The Hall–Kier alpha value is -2.31. The number of nitrogens with zero attached hydrogens (tertiary/aromatic N) is 1. The van der Waals surface area contributed by atoms with Gasteiger partial charge in [-0.3, -0.25) is 4.79 Å². The number of amides is 1. The van der Waals surface area contributed by atoms with E-state index in [1.807, 2.05) is 31.2 Å². The third kappa shape index (κ3) is 4.70. The Morgan fingerprint density at radius 3 is 2.81 bits per heavy atom. The molecule has 1 atom stereocenters. The molecule has 4 nitrogen and oxygen atoms in total. The van der Waals surface area contributed by atoms with Crippen LogP contribution in [0.4, 0.5) is 8.78 Å². The van der Waals surface area contributed by atoms with Crippen molar-refractivity contribution in [1.82, 2.24) is 10.2 Å². The van der Waals surface area contributed by atoms with Gasteiger partial charge in [0.1, 0.15) is 11.6 Å². The molecule has 1 heterocycles. The van der Waals surface area contributed by atoms with Crippen molar-refractivity contribution in [3.8, 4) is 0 Å². The largest absolute Gasteiger partial charge is 0.379 e. The van der Waals surface area contributed by atoms with E-state index in [0.717, 1.165) is 29.3 Å². The maximum Gasteiger partial charge on any atom is 0.256 e. The monoisotopic (exact) mass is 374 g/mol. The van der Waals surface area contributed by atoms with Crippen molar-refractivity contribution in [2.24, 2.45) is 0 Å². The van der Waals surface area contributed by atoms with Crippen molar-refractivity contribution in [3.63, 3.8) is 0 Å². The summed E-state index contributed by atoms with van der Waals surface area (Å²) in [5.41, 5.74) is 0.762. The summed E-state index contributed by atoms with van der Waals surface area (Å²) in [6.45, 7) is 3.06. The summed E-state index contributed by atoms with van der Waals surface area (Å²) in [5, 5.41) is 13.7. The number of nitrogens with one attached hydrogen (secondary N) is 1. The molecule has 1 fully saturated rings. The van der Waals surface area contributed by atoms with Gasteiger partial charge in [-0.2, -0.15) is 0 Å². The number of piperidine rings is 1. The Morgan fingerprint density at radius 1 is 1.22 bits per heavy atom. The molecule has 0 bridgehead atoms. The fourth-order valence-electron chi connectivity index (χ4n) is 3.49. The molecule has 2 aromatic rings. The predicted octanol–water partition coefficient (Wildman–Crippen LogP) is 2.92. The normalized spacial score (nSPS) is 20.1. The SMILES string of the molecule is Cc1cccc(CN2CCCC(O)(CNCc3cc(F)ccc3F)C2=O)c1. The van der Waals surface area contributed by atoms with E-state index < -0.39 is 17.2 Å². The first-order valence-corrected chi connectivity index (χ1v) is 9.09. The van der Waals surface area contributed by atoms with Crippen molar-refractivity contribution in [2.75, 3.05) is 13.1 Å². The lowest BCUT2D eigenvalue weighted by Crippen LogP contribution is -2.57. The highest BCUT2D eigenvalue weighted by Crippen LogP contribution is 2.24. The Kier molecular flexibility index (Phi) is 5.87. The van der Waals surface area contributed by atoms with Gasteiger partial charge in [0.2, 0.25) is 0 Å². The molecule has 1 aliphatic heterocycles. The molecular formula is C21H24F2N2O2. The minimum atomic E-state index is -1.54. The first-order chi connectivity index (χ1) is 12.9. The van der Waals surface area contributed by atoms with E-state index in [1.54, 1.807) is 4.90 Å². The molecule has 0 radical (unpaired) electrons. The van der Waals surface area contributed by atoms with Crippen LogP contribution in [0.1, 0.15) is 29.5 Å². The maximum atomic E-state index is 13.7. The predicted molar refractivity (Wildman–Crippen MR) is 98.8 cm³/mol. The summed E-state index contributed by atoms with van der Waals surface area (Å²) in [6, 6.07) is 11.1. The summed E-state index contributed by atoms with van der Waals surface area (Å²) in [4.78, 5) is 14.5. The molecular weight excluding hydrogens is 350 g/mol. The van der Waals surface area contributed by atoms with Crippen LogP contribution in [0.3, 0.4) is 0 Å². The van der Waals surface area contributed by atoms with Gasteiger partial charge in [0.05, 0.1) is 0 Å². The Bertz CT molecular complexity index is 828. The van der Waals surface area contributed by atoms with E-state index in [0.29, 0.717) is 25.9 Å². The lowest BCUT2D eigenvalue weighted by Gasteiger charge is -2.38. The molecule has 3 rings (SSSR count). The smallest absolute Gasteiger partial charge is 0.256 e. The van der Waals surface area contributed by atoms with Crippen LogP contribution in [-0.2, 0) is 17.9 Å². The summed E-state index contributed by atoms with van der Waals surface area (Å²) >= 11 is 0. The number of carbonyl (C=O) groups is 1. The van der Waals surface area contributed by atoms with Gasteiger partial charge in [-0.25, -0.2) is 8.78 Å². The van der Waals surface area contributed by atoms with Gasteiger partial charge in [-0.05, 0) is 43.5 Å². The van der Waals surface area contributed by atoms with Crippen LogP contribution in [0.15, 0.2) is 42.5 Å². The van der Waals surface area contributed by atoms with E-state index in [9.17, 15) is 18.7 Å². The van der Waals surface area contributed by atoms with Crippen LogP contribution in [0, 0.1) is 18.6 Å². The number of aliphatic hydroxyl groups is 1. The van der Waals surface area contributed by atoms with Crippen molar-refractivity contribution in [1.29, 1.82) is 0 Å². The molecule has 0 saturated carbocycles. The van der Waals surface area contributed by atoms with Crippen molar-refractivity contribution in [2.45, 2.75) is 38.5 Å². The molecule has 0 aromatic heterocycles. The van der Waals surface area contributed by atoms with Gasteiger partial charge in [-0.1, -0.05) is 29.8 Å². The number of hydrogen-bond acceptors (Lipinski definition) is 3. The summed E-state index contributed by atoms with van der Waals surface area (Å²) < 4.78 is 26.9. The summed E-state index contributed by atoms with van der Waals surface area (Å²) in [7, 11) is 0. The van der Waals surface area contributed by atoms with E-state index in [1.165, 1.54) is 0 Å². The standard InChI is InChI=1S/C21H24F2N2O2/c1-15-4-2-5-16(10-15)13-25-9-3-8-21(27,20(25)26)14-24-12-17-11-18(22)6-7-19(17)23/h2,4-7,10-11,24,27H,3,8-9,12-14H2,1H3. The molecule has 144 valence electrons. The number of aryl methyl sites for hydroxylation is 1. The van der Waals surface area contributed by atoms with Gasteiger partial charge >= 0.3 is 0 Å². The number of benzene rings is 2. The fourth-order valence-corrected chi connectivity index (χ4v) is 3.49. The van der Waals surface area contributed by atoms with Gasteiger partial charge in [0.15, 0.2) is 5.60 Å². The summed E-state index contributed by atoms with van der Waals surface area (Å²) in [5.74, 6) is -1.38. The molecule has 0 aliphatic carbocycles. The third-order valence-corrected chi connectivity index (χ3v) is 4.90. The zero-order valence-electron chi connectivity index (χ0n) is 15.3. The van der Waals surface area contributed by atoms with Crippen molar-refractivity contribution < 1.29 is 18.7 Å². The van der Waals surface area contributed by atoms with Crippen LogP contribution < -0.4 is 5.32 Å². The molecule has 2 N–H and O–H groups in total. The minimum Gasteiger partial charge on any atom is -0.379 e. The van der Waals surface area contributed by atoms with Crippen LogP contribution in [0.2, 0.25) is 0 Å². The molecule has 27 heavy (non-hydrogen) atoms. The maximum absolute atomic E-state index is 13.7. The van der Waals surface area contributed by atoms with Gasteiger partial charge in [-0.15, -0.1) is 0 Å². The average Bonchev–Trinajstić information content (AvgIpc) is 2.62. The topological polar surface area (TPSA) is 52.6 Å². The zero-order chi connectivity index (χ0) is 19.4. The second-order valence-electron chi connectivity index (χ2n) is 7.19. The number of halogens is 2. The quantitative estimate of drug-likeness (QED) is 0.818. The second kappa shape index (κ2) is 8.15. The number of hydrogen-bond donors (Lipinski definition) is 2. The first kappa shape index (κ1) is 19.5. The molecule has 1 saturated heterocycles. The Labute approximate surface area is 157 Å². The number of rotatable bonds is 6. The number of likely N-dealkylation sites (tertiary alicyclic amines) is 1. The lowest BCUT2D eigenvalue weighted by molar-refractivity contribution is -0.157. The van der Waals surface area contributed by atoms with E-state index in [2.05, 4.69) is 5.32 Å². The lowest BCUT2D eigenvalue weighted by atomic mass is 9.91. The van der Waals surface area contributed by atoms with Crippen LogP contribution in [0.5, 0.6) is 0 Å². The Morgan fingerprint density at radius 2 is 2.04 bits per heavy atom. The Balaban J connectivity index is 1.62. The zero-order valence-corrected chi connectivity index (χ0v) is 15.3. The molecule has 2 aromatic carbocycles. The average molecular weight is 374 g/mol. The van der Waals surface area contributed by atoms with E-state index >= 15 is 0 Å². The van der Waals surface area contributed by atoms with Gasteiger partial charge in [0.25, 0.3) is 5.91 Å². The van der Waals surface area contributed by atoms with E-state index in [4.69, 9.17) is 0 Å². The molecule has 6 heteroatoms. The van der Waals surface area contributed by atoms with E-state index in [-0.39, 0.29) is 24.6 Å². The second-order valence-corrected chi connectivity index (χ2v) is 7.19. The van der Waals surface area contributed by atoms with Crippen LogP contribution >= 0.6 is 0 Å². The van der Waals surface area contributed by atoms with Crippen LogP contribution in [-0.4, -0.2) is 34.6 Å². The third-order valence-electron chi connectivity index (χ3n) is 4.90. The molecule has 0 spiro atoms. The van der Waals surface area contributed by atoms with Gasteiger partial charge in [0, 0.05) is 31.7 Å². The number of carbonyl (C=O) groups excluding carboxylic acids is 1. The molecule has 1 aliphatic rings. The minimum absolute atomic E-state index is 0.00783. The van der Waals surface area contributed by atoms with Crippen LogP contribution in [0.25, 0.3) is 0 Å². The van der Waals surface area contributed by atoms with Crippen molar-refractivity contribution >= 4 is 5.91 Å². The highest BCUT2D eigenvalue weighted by molar-refractivity contribution is 5.86.